The van der Waals surface area contributed by atoms with Gasteiger partial charge in [0, 0.05) is 19.1 Å². The number of aryl methyl sites for hydroxylation is 1. The van der Waals surface area contributed by atoms with Gasteiger partial charge in [0.25, 0.3) is 0 Å². The number of hydrogen-bond acceptors (Lipinski definition) is 4. The van der Waals surface area contributed by atoms with Crippen LogP contribution in [0.15, 0.2) is 23.1 Å². The normalized spacial score (nSPS) is 20.8. The van der Waals surface area contributed by atoms with E-state index >= 15 is 0 Å². The van der Waals surface area contributed by atoms with Crippen LogP contribution in [0.5, 0.6) is 0 Å². The van der Waals surface area contributed by atoms with Crippen LogP contribution in [0.3, 0.4) is 0 Å². The second-order valence-electron chi connectivity index (χ2n) is 5.53. The summed E-state index contributed by atoms with van der Waals surface area (Å²) >= 11 is 0. The SMILES string of the molecule is Cc1ccc(CO)cc1S(=O)(=O)N1CCC(N(C)C)C1. The fraction of sp³-hybridized carbons (Fsp3) is 0.571. The lowest BCUT2D eigenvalue weighted by molar-refractivity contribution is 0.281. The summed E-state index contributed by atoms with van der Waals surface area (Å²) in [5.41, 5.74) is 1.34. The molecule has 0 saturated carbocycles. The Balaban J connectivity index is 2.32. The number of aliphatic hydroxyl groups is 1. The van der Waals surface area contributed by atoms with Gasteiger partial charge in [-0.05, 0) is 44.6 Å². The lowest BCUT2D eigenvalue weighted by Gasteiger charge is -2.21. The van der Waals surface area contributed by atoms with Crippen molar-refractivity contribution in [3.63, 3.8) is 0 Å². The Morgan fingerprint density at radius 3 is 2.65 bits per heavy atom. The third-order valence-electron chi connectivity index (χ3n) is 3.91. The van der Waals surface area contributed by atoms with E-state index < -0.39 is 10.0 Å². The van der Waals surface area contributed by atoms with E-state index in [1.807, 2.05) is 14.1 Å². The van der Waals surface area contributed by atoms with Crippen LogP contribution in [-0.4, -0.2) is 56.0 Å². The van der Waals surface area contributed by atoms with Gasteiger partial charge in [-0.2, -0.15) is 4.31 Å². The quantitative estimate of drug-likeness (QED) is 0.894. The Hall–Kier alpha value is -0.950. The summed E-state index contributed by atoms with van der Waals surface area (Å²) in [7, 11) is 0.468. The van der Waals surface area contributed by atoms with E-state index in [2.05, 4.69) is 4.90 Å². The molecular weight excluding hydrogens is 276 g/mol. The highest BCUT2D eigenvalue weighted by atomic mass is 32.2. The van der Waals surface area contributed by atoms with E-state index in [1.54, 1.807) is 29.4 Å². The zero-order valence-electron chi connectivity index (χ0n) is 12.2. The van der Waals surface area contributed by atoms with Crippen molar-refractivity contribution in [1.82, 2.24) is 9.21 Å². The first kappa shape index (κ1) is 15.4. The minimum Gasteiger partial charge on any atom is -0.392 e. The van der Waals surface area contributed by atoms with Gasteiger partial charge in [-0.25, -0.2) is 8.42 Å². The molecule has 1 aromatic carbocycles. The highest BCUT2D eigenvalue weighted by molar-refractivity contribution is 7.89. The van der Waals surface area contributed by atoms with Crippen molar-refractivity contribution < 1.29 is 13.5 Å². The summed E-state index contributed by atoms with van der Waals surface area (Å²) in [5.74, 6) is 0. The standard InChI is InChI=1S/C14H22N2O3S/c1-11-4-5-12(10-17)8-14(11)20(18,19)16-7-6-13(9-16)15(2)3/h4-5,8,13,17H,6-7,9-10H2,1-3H3. The van der Waals surface area contributed by atoms with Crippen molar-refractivity contribution in [1.29, 1.82) is 0 Å². The van der Waals surface area contributed by atoms with Gasteiger partial charge >= 0.3 is 0 Å². The Labute approximate surface area is 120 Å². The highest BCUT2D eigenvalue weighted by Gasteiger charge is 2.34. The van der Waals surface area contributed by atoms with Crippen LogP contribution in [0.2, 0.25) is 0 Å². The van der Waals surface area contributed by atoms with Gasteiger partial charge in [-0.3, -0.25) is 0 Å². The first-order valence-electron chi connectivity index (χ1n) is 6.73. The van der Waals surface area contributed by atoms with Gasteiger partial charge in [0.15, 0.2) is 0 Å². The molecule has 0 spiro atoms. The molecule has 1 aliphatic rings. The highest BCUT2D eigenvalue weighted by Crippen LogP contribution is 2.25. The second-order valence-corrected chi connectivity index (χ2v) is 7.43. The third-order valence-corrected chi connectivity index (χ3v) is 5.92. The molecule has 0 radical (unpaired) electrons. The molecule has 1 fully saturated rings. The largest absolute Gasteiger partial charge is 0.392 e. The summed E-state index contributed by atoms with van der Waals surface area (Å²) in [6.45, 7) is 2.71. The number of nitrogens with zero attached hydrogens (tertiary/aromatic N) is 2. The summed E-state index contributed by atoms with van der Waals surface area (Å²) in [4.78, 5) is 2.37. The van der Waals surface area contributed by atoms with E-state index in [-0.39, 0.29) is 12.6 Å². The first-order valence-corrected chi connectivity index (χ1v) is 8.17. The summed E-state index contributed by atoms with van der Waals surface area (Å²) < 4.78 is 27.0. The molecule has 5 nitrogen and oxygen atoms in total. The first-order chi connectivity index (χ1) is 9.36. The molecule has 6 heteroatoms. The molecular formula is C14H22N2O3S. The molecule has 1 unspecified atom stereocenters. The maximum absolute atomic E-state index is 12.7. The van der Waals surface area contributed by atoms with Crippen LogP contribution in [0, 0.1) is 6.92 Å². The van der Waals surface area contributed by atoms with Gasteiger partial charge in [-0.15, -0.1) is 0 Å². The van der Waals surface area contributed by atoms with Crippen LogP contribution in [0.25, 0.3) is 0 Å². The number of aliphatic hydroxyl groups excluding tert-OH is 1. The van der Waals surface area contributed by atoms with E-state index in [0.717, 1.165) is 12.0 Å². The molecule has 112 valence electrons. The molecule has 1 aliphatic heterocycles. The molecule has 2 rings (SSSR count). The van der Waals surface area contributed by atoms with E-state index in [4.69, 9.17) is 0 Å². The third kappa shape index (κ3) is 2.88. The second kappa shape index (κ2) is 5.81. The maximum Gasteiger partial charge on any atom is 0.243 e. The number of rotatable bonds is 4. The Kier molecular flexibility index (Phi) is 4.49. The molecule has 0 amide bonds. The van der Waals surface area contributed by atoms with Crippen LogP contribution in [-0.2, 0) is 16.6 Å². The topological polar surface area (TPSA) is 60.9 Å². The van der Waals surface area contributed by atoms with Crippen LogP contribution in [0.1, 0.15) is 17.5 Å². The fourth-order valence-corrected chi connectivity index (χ4v) is 4.28. The smallest absolute Gasteiger partial charge is 0.243 e. The molecule has 1 aromatic rings. The predicted molar refractivity (Wildman–Crippen MR) is 78.0 cm³/mol. The molecule has 0 aromatic heterocycles. The van der Waals surface area contributed by atoms with Gasteiger partial charge in [-0.1, -0.05) is 12.1 Å². The average molecular weight is 298 g/mol. The Morgan fingerprint density at radius 1 is 1.40 bits per heavy atom. The lowest BCUT2D eigenvalue weighted by Crippen LogP contribution is -2.34. The zero-order chi connectivity index (χ0) is 14.9. The number of sulfonamides is 1. The van der Waals surface area contributed by atoms with Crippen LogP contribution >= 0.6 is 0 Å². The Bertz CT molecular complexity index is 584. The molecule has 0 bridgehead atoms. The summed E-state index contributed by atoms with van der Waals surface area (Å²) in [6, 6.07) is 5.35. The van der Waals surface area contributed by atoms with Gasteiger partial charge in [0.2, 0.25) is 10.0 Å². The van der Waals surface area contributed by atoms with E-state index in [0.29, 0.717) is 23.5 Å². The zero-order valence-corrected chi connectivity index (χ0v) is 13.0. The summed E-state index contributed by atoms with van der Waals surface area (Å²) in [6.07, 6.45) is 0.852. The summed E-state index contributed by atoms with van der Waals surface area (Å²) in [5, 5.41) is 9.18. The molecule has 1 saturated heterocycles. The molecule has 1 N–H and O–H groups in total. The number of likely N-dealkylation sites (N-methyl/N-ethyl adjacent to an activating group) is 1. The fourth-order valence-electron chi connectivity index (χ4n) is 2.51. The van der Waals surface area contributed by atoms with Gasteiger partial charge < -0.3 is 10.0 Å². The minimum atomic E-state index is -3.47. The van der Waals surface area contributed by atoms with E-state index in [9.17, 15) is 13.5 Å². The van der Waals surface area contributed by atoms with E-state index in [1.165, 1.54) is 0 Å². The Morgan fingerprint density at radius 2 is 2.10 bits per heavy atom. The van der Waals surface area contributed by atoms with Crippen molar-refractivity contribution >= 4 is 10.0 Å². The molecule has 1 heterocycles. The molecule has 0 aliphatic carbocycles. The van der Waals surface area contributed by atoms with Crippen molar-refractivity contribution in [3.05, 3.63) is 29.3 Å². The molecule has 1 atom stereocenters. The monoisotopic (exact) mass is 298 g/mol. The maximum atomic E-state index is 12.7. The average Bonchev–Trinajstić information content (AvgIpc) is 2.89. The minimum absolute atomic E-state index is 0.150. The number of benzene rings is 1. The number of hydrogen-bond donors (Lipinski definition) is 1. The van der Waals surface area contributed by atoms with Crippen molar-refractivity contribution in [3.8, 4) is 0 Å². The predicted octanol–water partition coefficient (Wildman–Crippen LogP) is 0.812. The van der Waals surface area contributed by atoms with Gasteiger partial charge in [0.05, 0.1) is 11.5 Å². The van der Waals surface area contributed by atoms with Crippen molar-refractivity contribution in [2.75, 3.05) is 27.2 Å². The van der Waals surface area contributed by atoms with Gasteiger partial charge in [0.1, 0.15) is 0 Å². The molecule has 20 heavy (non-hydrogen) atoms. The van der Waals surface area contributed by atoms with Crippen molar-refractivity contribution in [2.45, 2.75) is 30.9 Å². The van der Waals surface area contributed by atoms with Crippen LogP contribution in [0.4, 0.5) is 0 Å². The van der Waals surface area contributed by atoms with Crippen molar-refractivity contribution in [2.24, 2.45) is 0 Å². The lowest BCUT2D eigenvalue weighted by atomic mass is 10.2. The van der Waals surface area contributed by atoms with Crippen LogP contribution < -0.4 is 0 Å².